The summed E-state index contributed by atoms with van der Waals surface area (Å²) in [5.41, 5.74) is -0.434. The highest BCUT2D eigenvalue weighted by atomic mass is 16.6. The van der Waals surface area contributed by atoms with Gasteiger partial charge in [-0.15, -0.1) is 10.2 Å². The van der Waals surface area contributed by atoms with Crippen molar-refractivity contribution in [1.82, 2.24) is 19.7 Å². The second-order valence-electron chi connectivity index (χ2n) is 6.02. The van der Waals surface area contributed by atoms with Gasteiger partial charge in [-0.05, 0) is 40.2 Å². The molecule has 0 aliphatic carbocycles. The molecule has 1 saturated heterocycles. The van der Waals surface area contributed by atoms with E-state index in [1.165, 1.54) is 0 Å². The van der Waals surface area contributed by atoms with E-state index in [9.17, 15) is 4.79 Å². The molecule has 0 radical (unpaired) electrons. The first kappa shape index (κ1) is 14.0. The third-order valence-corrected chi connectivity index (χ3v) is 3.19. The molecule has 6 heteroatoms. The summed E-state index contributed by atoms with van der Waals surface area (Å²) in [6.07, 6.45) is 3.54. The average molecular weight is 266 g/mol. The normalized spacial score (nSPS) is 20.7. The fourth-order valence-corrected chi connectivity index (χ4v) is 2.28. The van der Waals surface area contributed by atoms with Gasteiger partial charge in [-0.3, -0.25) is 9.69 Å². The second kappa shape index (κ2) is 5.28. The van der Waals surface area contributed by atoms with Crippen LogP contribution in [0.2, 0.25) is 0 Å². The molecule has 2 heterocycles. The maximum absolute atomic E-state index is 12.2. The summed E-state index contributed by atoms with van der Waals surface area (Å²) in [5.74, 6) is 0.739. The molecule has 19 heavy (non-hydrogen) atoms. The van der Waals surface area contributed by atoms with Crippen LogP contribution >= 0.6 is 0 Å². The smallest absolute Gasteiger partial charge is 0.323 e. The third-order valence-electron chi connectivity index (χ3n) is 3.19. The summed E-state index contributed by atoms with van der Waals surface area (Å²) in [6, 6.07) is -0.157. The van der Waals surface area contributed by atoms with Crippen molar-refractivity contribution in [2.24, 2.45) is 7.05 Å². The second-order valence-corrected chi connectivity index (χ2v) is 6.02. The van der Waals surface area contributed by atoms with Crippen LogP contribution in [-0.2, 0) is 23.1 Å². The Kier molecular flexibility index (Phi) is 3.89. The van der Waals surface area contributed by atoms with Crippen molar-refractivity contribution in [2.45, 2.75) is 51.8 Å². The van der Waals surface area contributed by atoms with Gasteiger partial charge >= 0.3 is 5.97 Å². The standard InChI is InChI=1S/C13H22N4O2/c1-13(2,3)19-12(18)10-6-5-7-17(10)8-11-15-14-9-16(11)4/h9-10H,5-8H2,1-4H3/t10-/m1/s1. The molecule has 1 aromatic heterocycles. The SMILES string of the molecule is Cn1cnnc1CN1CCC[C@@H]1C(=O)OC(C)(C)C. The summed E-state index contributed by atoms with van der Waals surface area (Å²) in [5, 5.41) is 7.93. The van der Waals surface area contributed by atoms with Crippen molar-refractivity contribution < 1.29 is 9.53 Å². The summed E-state index contributed by atoms with van der Waals surface area (Å²) < 4.78 is 7.36. The molecule has 0 unspecified atom stereocenters. The molecule has 1 fully saturated rings. The molecular formula is C13H22N4O2. The summed E-state index contributed by atoms with van der Waals surface area (Å²) in [7, 11) is 1.91. The van der Waals surface area contributed by atoms with Gasteiger partial charge < -0.3 is 9.30 Å². The quantitative estimate of drug-likeness (QED) is 0.767. The third kappa shape index (κ3) is 3.53. The summed E-state index contributed by atoms with van der Waals surface area (Å²) in [4.78, 5) is 14.3. The lowest BCUT2D eigenvalue weighted by molar-refractivity contribution is -0.160. The van der Waals surface area contributed by atoms with Crippen LogP contribution in [0.3, 0.4) is 0 Å². The van der Waals surface area contributed by atoms with E-state index in [1.54, 1.807) is 6.33 Å². The Morgan fingerprint density at radius 3 is 2.84 bits per heavy atom. The highest BCUT2D eigenvalue weighted by molar-refractivity contribution is 5.76. The molecule has 1 aliphatic rings. The predicted molar refractivity (Wildman–Crippen MR) is 70.3 cm³/mol. The van der Waals surface area contributed by atoms with Crippen LogP contribution in [0.4, 0.5) is 0 Å². The molecule has 1 aromatic rings. The van der Waals surface area contributed by atoms with Crippen LogP contribution in [0, 0.1) is 0 Å². The number of aromatic nitrogens is 3. The minimum atomic E-state index is -0.434. The number of carbonyl (C=O) groups is 1. The Bertz CT molecular complexity index is 450. The van der Waals surface area contributed by atoms with Gasteiger partial charge in [0.15, 0.2) is 0 Å². The van der Waals surface area contributed by atoms with E-state index in [-0.39, 0.29) is 12.0 Å². The zero-order valence-electron chi connectivity index (χ0n) is 12.1. The molecular weight excluding hydrogens is 244 g/mol. The molecule has 1 atom stereocenters. The first-order valence-electron chi connectivity index (χ1n) is 6.66. The zero-order chi connectivity index (χ0) is 14.0. The molecule has 106 valence electrons. The summed E-state index contributed by atoms with van der Waals surface area (Å²) >= 11 is 0. The molecule has 0 amide bonds. The maximum Gasteiger partial charge on any atom is 0.323 e. The Hall–Kier alpha value is -1.43. The Balaban J connectivity index is 2.01. The first-order valence-corrected chi connectivity index (χ1v) is 6.66. The first-order chi connectivity index (χ1) is 8.87. The molecule has 6 nitrogen and oxygen atoms in total. The van der Waals surface area contributed by atoms with E-state index >= 15 is 0 Å². The number of hydrogen-bond acceptors (Lipinski definition) is 5. The monoisotopic (exact) mass is 266 g/mol. The van der Waals surface area contributed by atoms with E-state index in [1.807, 2.05) is 32.4 Å². The van der Waals surface area contributed by atoms with E-state index in [2.05, 4.69) is 15.1 Å². The molecule has 0 aromatic carbocycles. The molecule has 0 N–H and O–H groups in total. The lowest BCUT2D eigenvalue weighted by Gasteiger charge is -2.26. The number of nitrogens with zero attached hydrogens (tertiary/aromatic N) is 4. The van der Waals surface area contributed by atoms with E-state index < -0.39 is 5.60 Å². The average Bonchev–Trinajstić information content (AvgIpc) is 2.87. The van der Waals surface area contributed by atoms with Crippen molar-refractivity contribution in [2.75, 3.05) is 6.54 Å². The summed E-state index contributed by atoms with van der Waals surface area (Å²) in [6.45, 7) is 7.23. The van der Waals surface area contributed by atoms with Gasteiger partial charge in [0, 0.05) is 7.05 Å². The van der Waals surface area contributed by atoms with Gasteiger partial charge in [0.05, 0.1) is 6.54 Å². The fourth-order valence-electron chi connectivity index (χ4n) is 2.28. The van der Waals surface area contributed by atoms with Gasteiger partial charge in [-0.2, -0.15) is 0 Å². The van der Waals surface area contributed by atoms with Crippen LogP contribution in [0.15, 0.2) is 6.33 Å². The van der Waals surface area contributed by atoms with Crippen molar-refractivity contribution in [3.05, 3.63) is 12.2 Å². The topological polar surface area (TPSA) is 60.2 Å². The van der Waals surface area contributed by atoms with Crippen LogP contribution in [0.25, 0.3) is 0 Å². The van der Waals surface area contributed by atoms with Gasteiger partial charge in [0.1, 0.15) is 23.8 Å². The van der Waals surface area contributed by atoms with Crippen molar-refractivity contribution >= 4 is 5.97 Å². The molecule has 0 saturated carbocycles. The zero-order valence-corrected chi connectivity index (χ0v) is 12.1. The number of likely N-dealkylation sites (tertiary alicyclic amines) is 1. The molecule has 2 rings (SSSR count). The van der Waals surface area contributed by atoms with Crippen molar-refractivity contribution in [1.29, 1.82) is 0 Å². The lowest BCUT2D eigenvalue weighted by atomic mass is 10.1. The van der Waals surface area contributed by atoms with Gasteiger partial charge in [-0.1, -0.05) is 0 Å². The van der Waals surface area contributed by atoms with Crippen LogP contribution in [0.5, 0.6) is 0 Å². The Labute approximate surface area is 113 Å². The number of carbonyl (C=O) groups excluding carboxylic acids is 1. The maximum atomic E-state index is 12.2. The molecule has 0 spiro atoms. The largest absolute Gasteiger partial charge is 0.459 e. The minimum Gasteiger partial charge on any atom is -0.459 e. The van der Waals surface area contributed by atoms with E-state index in [4.69, 9.17) is 4.74 Å². The molecule has 1 aliphatic heterocycles. The Morgan fingerprint density at radius 1 is 1.53 bits per heavy atom. The number of rotatable bonds is 3. The van der Waals surface area contributed by atoms with Gasteiger partial charge in [0.2, 0.25) is 0 Å². The van der Waals surface area contributed by atoms with Crippen LogP contribution in [-0.4, -0.2) is 43.8 Å². The highest BCUT2D eigenvalue weighted by Crippen LogP contribution is 2.22. The number of esters is 1. The van der Waals surface area contributed by atoms with E-state index in [0.717, 1.165) is 25.2 Å². The number of ether oxygens (including phenoxy) is 1. The number of aryl methyl sites for hydroxylation is 1. The Morgan fingerprint density at radius 2 is 2.26 bits per heavy atom. The lowest BCUT2D eigenvalue weighted by Crippen LogP contribution is -2.40. The minimum absolute atomic E-state index is 0.132. The van der Waals surface area contributed by atoms with Crippen molar-refractivity contribution in [3.8, 4) is 0 Å². The highest BCUT2D eigenvalue weighted by Gasteiger charge is 2.34. The fraction of sp³-hybridized carbons (Fsp3) is 0.769. The van der Waals surface area contributed by atoms with Crippen LogP contribution < -0.4 is 0 Å². The van der Waals surface area contributed by atoms with Gasteiger partial charge in [0.25, 0.3) is 0 Å². The van der Waals surface area contributed by atoms with Gasteiger partial charge in [-0.25, -0.2) is 0 Å². The molecule has 0 bridgehead atoms. The van der Waals surface area contributed by atoms with Crippen LogP contribution in [0.1, 0.15) is 39.4 Å². The van der Waals surface area contributed by atoms with E-state index in [0.29, 0.717) is 6.54 Å². The predicted octanol–water partition coefficient (Wildman–Crippen LogP) is 1.12. The number of hydrogen-bond donors (Lipinski definition) is 0. The van der Waals surface area contributed by atoms with Crippen molar-refractivity contribution in [3.63, 3.8) is 0 Å².